The van der Waals surface area contributed by atoms with E-state index in [0.717, 1.165) is 0 Å². The van der Waals surface area contributed by atoms with Gasteiger partial charge in [-0.15, -0.1) is 0 Å². The molecular formula is C14H18ClNO3. The predicted molar refractivity (Wildman–Crippen MR) is 75.5 cm³/mol. The Morgan fingerprint density at radius 3 is 2.47 bits per heavy atom. The highest BCUT2D eigenvalue weighted by molar-refractivity contribution is 6.33. The van der Waals surface area contributed by atoms with Crippen LogP contribution >= 0.6 is 11.6 Å². The van der Waals surface area contributed by atoms with Crippen molar-refractivity contribution >= 4 is 29.2 Å². The fourth-order valence-corrected chi connectivity index (χ4v) is 1.48. The van der Waals surface area contributed by atoms with Crippen molar-refractivity contribution in [1.29, 1.82) is 0 Å². The number of anilines is 1. The summed E-state index contributed by atoms with van der Waals surface area (Å²) in [6, 6.07) is 4.73. The lowest BCUT2D eigenvalue weighted by atomic mass is 9.95. The first-order valence-corrected chi connectivity index (χ1v) is 6.41. The van der Waals surface area contributed by atoms with E-state index in [4.69, 9.17) is 16.3 Å². The molecule has 1 amide bonds. The average molecular weight is 284 g/mol. The molecule has 1 aromatic rings. The van der Waals surface area contributed by atoms with Crippen LogP contribution in [0, 0.1) is 5.41 Å². The number of hydrogen-bond acceptors (Lipinski definition) is 3. The number of carbonyl (C=O) groups excluding carboxylic acids is 2. The molecule has 0 heterocycles. The van der Waals surface area contributed by atoms with E-state index < -0.39 is 11.4 Å². The van der Waals surface area contributed by atoms with Gasteiger partial charge in [0.25, 0.3) is 0 Å². The summed E-state index contributed by atoms with van der Waals surface area (Å²) in [4.78, 5) is 23.5. The highest BCUT2D eigenvalue weighted by Crippen LogP contribution is 2.23. The fourth-order valence-electron chi connectivity index (χ4n) is 1.29. The number of carbonyl (C=O) groups is 2. The Bertz CT molecular complexity index is 492. The molecule has 0 aliphatic rings. The van der Waals surface area contributed by atoms with Gasteiger partial charge in [-0.1, -0.05) is 32.4 Å². The fraction of sp³-hybridized carbons (Fsp3) is 0.429. The summed E-state index contributed by atoms with van der Waals surface area (Å²) >= 11 is 5.94. The van der Waals surface area contributed by atoms with Crippen LogP contribution in [0.2, 0.25) is 5.02 Å². The average Bonchev–Trinajstić information content (AvgIpc) is 2.30. The zero-order chi connectivity index (χ0) is 14.6. The smallest absolute Gasteiger partial charge is 0.339 e. The van der Waals surface area contributed by atoms with Crippen molar-refractivity contribution in [2.45, 2.75) is 27.7 Å². The van der Waals surface area contributed by atoms with Gasteiger partial charge in [0.15, 0.2) is 0 Å². The van der Waals surface area contributed by atoms with Gasteiger partial charge in [-0.3, -0.25) is 4.79 Å². The minimum Gasteiger partial charge on any atom is -0.462 e. The zero-order valence-electron chi connectivity index (χ0n) is 11.5. The van der Waals surface area contributed by atoms with Gasteiger partial charge in [0.1, 0.15) is 0 Å². The van der Waals surface area contributed by atoms with E-state index in [9.17, 15) is 9.59 Å². The molecule has 0 unspecified atom stereocenters. The SMILES string of the molecule is CCOC(=O)c1cc(NC(=O)C(C)(C)C)ccc1Cl. The Morgan fingerprint density at radius 2 is 1.95 bits per heavy atom. The molecule has 0 spiro atoms. The van der Waals surface area contributed by atoms with Gasteiger partial charge >= 0.3 is 5.97 Å². The molecule has 0 atom stereocenters. The van der Waals surface area contributed by atoms with Gasteiger partial charge in [-0.25, -0.2) is 4.79 Å². The second-order valence-corrected chi connectivity index (χ2v) is 5.53. The van der Waals surface area contributed by atoms with Crippen molar-refractivity contribution in [2.24, 2.45) is 5.41 Å². The summed E-state index contributed by atoms with van der Waals surface area (Å²) in [6.07, 6.45) is 0. The summed E-state index contributed by atoms with van der Waals surface area (Å²) in [7, 11) is 0. The standard InChI is InChI=1S/C14H18ClNO3/c1-5-19-12(17)10-8-9(6-7-11(10)15)16-13(18)14(2,3)4/h6-8H,5H2,1-4H3,(H,16,18). The molecule has 0 radical (unpaired) electrons. The molecule has 1 aromatic carbocycles. The topological polar surface area (TPSA) is 55.4 Å². The maximum absolute atomic E-state index is 11.9. The van der Waals surface area contributed by atoms with Crippen LogP contribution in [0.4, 0.5) is 5.69 Å². The Kier molecular flexibility index (Phi) is 4.95. The minimum atomic E-state index is -0.510. The van der Waals surface area contributed by atoms with Gasteiger partial charge in [-0.2, -0.15) is 0 Å². The molecule has 1 rings (SSSR count). The molecule has 4 nitrogen and oxygen atoms in total. The zero-order valence-corrected chi connectivity index (χ0v) is 12.3. The maximum atomic E-state index is 11.9. The van der Waals surface area contributed by atoms with Gasteiger partial charge in [0.05, 0.1) is 17.2 Å². The number of halogens is 1. The summed E-state index contributed by atoms with van der Waals surface area (Å²) in [5.41, 5.74) is 0.256. The third kappa shape index (κ3) is 4.24. The lowest BCUT2D eigenvalue weighted by Gasteiger charge is -2.18. The van der Waals surface area contributed by atoms with Gasteiger partial charge < -0.3 is 10.1 Å². The Hall–Kier alpha value is -1.55. The summed E-state index contributed by atoms with van der Waals surface area (Å²) < 4.78 is 4.90. The molecule has 104 valence electrons. The summed E-state index contributed by atoms with van der Waals surface area (Å²) in [5.74, 6) is -0.635. The lowest BCUT2D eigenvalue weighted by molar-refractivity contribution is -0.123. The Balaban J connectivity index is 2.97. The number of nitrogens with one attached hydrogen (secondary N) is 1. The first-order chi connectivity index (χ1) is 8.75. The first-order valence-electron chi connectivity index (χ1n) is 6.04. The third-order valence-corrected chi connectivity index (χ3v) is 2.73. The second-order valence-electron chi connectivity index (χ2n) is 5.12. The first kappa shape index (κ1) is 15.5. The van der Waals surface area contributed by atoms with Crippen LogP contribution in [0.25, 0.3) is 0 Å². The molecule has 0 fully saturated rings. The maximum Gasteiger partial charge on any atom is 0.339 e. The van der Waals surface area contributed by atoms with E-state index in [-0.39, 0.29) is 18.1 Å². The Labute approximate surface area is 118 Å². The minimum absolute atomic E-state index is 0.135. The predicted octanol–water partition coefficient (Wildman–Crippen LogP) is 3.50. The van der Waals surface area contributed by atoms with Crippen LogP contribution < -0.4 is 5.32 Å². The van der Waals surface area contributed by atoms with Crippen LogP contribution in [0.1, 0.15) is 38.1 Å². The van der Waals surface area contributed by atoms with Crippen molar-refractivity contribution in [3.63, 3.8) is 0 Å². The summed E-state index contributed by atoms with van der Waals surface area (Å²) in [5, 5.41) is 3.04. The normalized spacial score (nSPS) is 11.0. The molecule has 0 aliphatic heterocycles. The van der Waals surface area contributed by atoms with Crippen molar-refractivity contribution in [2.75, 3.05) is 11.9 Å². The van der Waals surface area contributed by atoms with Crippen molar-refractivity contribution in [3.8, 4) is 0 Å². The Morgan fingerprint density at radius 1 is 1.32 bits per heavy atom. The molecule has 19 heavy (non-hydrogen) atoms. The monoisotopic (exact) mass is 283 g/mol. The largest absolute Gasteiger partial charge is 0.462 e. The number of esters is 1. The van der Waals surface area contributed by atoms with Gasteiger partial charge in [0.2, 0.25) is 5.91 Å². The molecule has 0 aromatic heterocycles. The highest BCUT2D eigenvalue weighted by atomic mass is 35.5. The van der Waals surface area contributed by atoms with E-state index in [1.54, 1.807) is 19.1 Å². The third-order valence-electron chi connectivity index (χ3n) is 2.40. The van der Waals surface area contributed by atoms with E-state index in [1.807, 2.05) is 20.8 Å². The van der Waals surface area contributed by atoms with Gasteiger partial charge in [0, 0.05) is 11.1 Å². The number of amides is 1. The molecule has 0 saturated carbocycles. The van der Waals surface area contributed by atoms with E-state index >= 15 is 0 Å². The molecule has 1 N–H and O–H groups in total. The summed E-state index contributed by atoms with van der Waals surface area (Å²) in [6.45, 7) is 7.42. The molecule has 5 heteroatoms. The van der Waals surface area contributed by atoms with Crippen LogP contribution in [0.3, 0.4) is 0 Å². The molecular weight excluding hydrogens is 266 g/mol. The number of ether oxygens (including phenoxy) is 1. The highest BCUT2D eigenvalue weighted by Gasteiger charge is 2.22. The second kappa shape index (κ2) is 6.06. The number of rotatable bonds is 3. The lowest BCUT2D eigenvalue weighted by Crippen LogP contribution is -2.27. The molecule has 0 aliphatic carbocycles. The van der Waals surface area contributed by atoms with E-state index in [2.05, 4.69) is 5.32 Å². The number of hydrogen-bond donors (Lipinski definition) is 1. The number of benzene rings is 1. The van der Waals surface area contributed by atoms with Crippen LogP contribution in [0.5, 0.6) is 0 Å². The quantitative estimate of drug-likeness (QED) is 0.864. The van der Waals surface area contributed by atoms with Gasteiger partial charge in [-0.05, 0) is 25.1 Å². The van der Waals surface area contributed by atoms with Crippen molar-refractivity contribution in [3.05, 3.63) is 28.8 Å². The van der Waals surface area contributed by atoms with E-state index in [0.29, 0.717) is 10.7 Å². The van der Waals surface area contributed by atoms with Crippen molar-refractivity contribution < 1.29 is 14.3 Å². The van der Waals surface area contributed by atoms with Crippen LogP contribution in [-0.4, -0.2) is 18.5 Å². The van der Waals surface area contributed by atoms with Crippen LogP contribution in [-0.2, 0) is 9.53 Å². The molecule has 0 saturated heterocycles. The van der Waals surface area contributed by atoms with E-state index in [1.165, 1.54) is 6.07 Å². The molecule has 0 bridgehead atoms. The van der Waals surface area contributed by atoms with Crippen LogP contribution in [0.15, 0.2) is 18.2 Å². The van der Waals surface area contributed by atoms with Crippen molar-refractivity contribution in [1.82, 2.24) is 0 Å².